The van der Waals surface area contributed by atoms with Gasteiger partial charge in [0.25, 0.3) is 0 Å². The Kier molecular flexibility index (Phi) is 5.63. The number of carbonyl (C=O) groups excluding carboxylic acids is 1. The number of para-hydroxylation sites is 1. The second kappa shape index (κ2) is 8.53. The fourth-order valence-corrected chi connectivity index (χ4v) is 6.78. The van der Waals surface area contributed by atoms with Crippen LogP contribution < -0.4 is 5.32 Å². The number of thiophene rings is 1. The van der Waals surface area contributed by atoms with E-state index in [-0.39, 0.29) is 5.91 Å². The first-order chi connectivity index (χ1) is 14.7. The number of thioether (sulfide) groups is 1. The van der Waals surface area contributed by atoms with E-state index in [1.165, 1.54) is 32.9 Å². The average molecular weight is 451 g/mol. The first kappa shape index (κ1) is 19.8. The zero-order valence-corrected chi connectivity index (χ0v) is 19.2. The number of amides is 1. The lowest BCUT2D eigenvalue weighted by Crippen LogP contribution is -2.14. The van der Waals surface area contributed by atoms with Crippen molar-refractivity contribution in [3.05, 3.63) is 64.5 Å². The Hall–Kier alpha value is -2.15. The van der Waals surface area contributed by atoms with Crippen LogP contribution in [0.25, 0.3) is 20.8 Å². The number of carbonyl (C=O) groups is 1. The summed E-state index contributed by atoms with van der Waals surface area (Å²) < 4.78 is 1.19. The van der Waals surface area contributed by atoms with Crippen molar-refractivity contribution in [1.82, 2.24) is 4.98 Å². The predicted octanol–water partition coefficient (Wildman–Crippen LogP) is 6.81. The third-order valence-electron chi connectivity index (χ3n) is 5.46. The quantitative estimate of drug-likeness (QED) is 0.340. The van der Waals surface area contributed by atoms with Gasteiger partial charge in [-0.05, 0) is 67.3 Å². The second-order valence-electron chi connectivity index (χ2n) is 7.47. The molecule has 0 spiro atoms. The zero-order chi connectivity index (χ0) is 20.5. The summed E-state index contributed by atoms with van der Waals surface area (Å²) in [5.74, 6) is 0.0351. The molecule has 0 fully saturated rings. The number of fused-ring (bicyclic) bond motifs is 2. The molecule has 0 aliphatic heterocycles. The van der Waals surface area contributed by atoms with Crippen LogP contribution in [0.15, 0.2) is 53.4 Å². The predicted molar refractivity (Wildman–Crippen MR) is 130 cm³/mol. The number of hydrogen-bond acceptors (Lipinski definition) is 5. The summed E-state index contributed by atoms with van der Waals surface area (Å²) in [6.07, 6.45) is 7.05. The molecule has 5 rings (SSSR count). The Bertz CT molecular complexity index is 1170. The smallest absolute Gasteiger partial charge is 0.229 e. The lowest BCUT2D eigenvalue weighted by molar-refractivity contribution is -0.115. The Labute approximate surface area is 188 Å². The van der Waals surface area contributed by atoms with Crippen molar-refractivity contribution in [2.24, 2.45) is 0 Å². The van der Waals surface area contributed by atoms with Crippen LogP contribution in [0.3, 0.4) is 0 Å². The van der Waals surface area contributed by atoms with E-state index in [0.717, 1.165) is 39.5 Å². The highest BCUT2D eigenvalue weighted by Crippen LogP contribution is 2.46. The minimum absolute atomic E-state index is 0.0351. The van der Waals surface area contributed by atoms with E-state index in [4.69, 9.17) is 4.98 Å². The minimum Gasteiger partial charge on any atom is -0.317 e. The maximum Gasteiger partial charge on any atom is 0.229 e. The van der Waals surface area contributed by atoms with Crippen LogP contribution in [0.1, 0.15) is 28.8 Å². The van der Waals surface area contributed by atoms with Gasteiger partial charge in [0.05, 0.1) is 16.6 Å². The lowest BCUT2D eigenvalue weighted by Gasteiger charge is -2.11. The van der Waals surface area contributed by atoms with Crippen molar-refractivity contribution < 1.29 is 4.79 Å². The SMILES string of the molecule is CSc1ccc(CC(=O)Nc2sc3c(c2-c2nc4ccccc4s2)CCCC3)cc1. The summed E-state index contributed by atoms with van der Waals surface area (Å²) in [7, 11) is 0. The van der Waals surface area contributed by atoms with Crippen LogP contribution in [-0.2, 0) is 24.1 Å². The van der Waals surface area contributed by atoms with E-state index in [1.54, 1.807) is 34.4 Å². The van der Waals surface area contributed by atoms with Gasteiger partial charge in [-0.2, -0.15) is 0 Å². The third kappa shape index (κ3) is 3.92. The number of nitrogens with zero attached hydrogens (tertiary/aromatic N) is 1. The number of nitrogens with one attached hydrogen (secondary N) is 1. The molecule has 1 amide bonds. The molecule has 0 saturated carbocycles. The Morgan fingerprint density at radius 2 is 1.87 bits per heavy atom. The topological polar surface area (TPSA) is 42.0 Å². The first-order valence-corrected chi connectivity index (χ1v) is 13.0. The molecule has 0 atom stereocenters. The summed E-state index contributed by atoms with van der Waals surface area (Å²) in [5, 5.41) is 5.22. The van der Waals surface area contributed by atoms with E-state index >= 15 is 0 Å². The molecule has 3 nitrogen and oxygen atoms in total. The Balaban J connectivity index is 1.46. The van der Waals surface area contributed by atoms with Gasteiger partial charge < -0.3 is 5.32 Å². The van der Waals surface area contributed by atoms with Crippen molar-refractivity contribution in [3.63, 3.8) is 0 Å². The fraction of sp³-hybridized carbons (Fsp3) is 0.250. The zero-order valence-electron chi connectivity index (χ0n) is 16.7. The van der Waals surface area contributed by atoms with Crippen LogP contribution in [-0.4, -0.2) is 17.1 Å². The molecule has 4 aromatic rings. The van der Waals surface area contributed by atoms with Crippen LogP contribution in [0.2, 0.25) is 0 Å². The molecule has 2 aromatic carbocycles. The number of aromatic nitrogens is 1. The summed E-state index contributed by atoms with van der Waals surface area (Å²) in [4.78, 5) is 20.4. The maximum atomic E-state index is 12.9. The number of benzene rings is 2. The summed E-state index contributed by atoms with van der Waals surface area (Å²) in [6, 6.07) is 16.5. The second-order valence-corrected chi connectivity index (χ2v) is 10.5. The first-order valence-electron chi connectivity index (χ1n) is 10.1. The van der Waals surface area contributed by atoms with Gasteiger partial charge in [0.1, 0.15) is 10.0 Å². The largest absolute Gasteiger partial charge is 0.317 e. The highest BCUT2D eigenvalue weighted by atomic mass is 32.2. The number of anilines is 1. The van der Waals surface area contributed by atoms with Crippen molar-refractivity contribution in [3.8, 4) is 10.6 Å². The summed E-state index contributed by atoms with van der Waals surface area (Å²) >= 11 is 5.17. The monoisotopic (exact) mass is 450 g/mol. The van der Waals surface area contributed by atoms with Gasteiger partial charge in [-0.3, -0.25) is 4.79 Å². The van der Waals surface area contributed by atoms with E-state index in [0.29, 0.717) is 6.42 Å². The molecule has 1 aliphatic rings. The lowest BCUT2D eigenvalue weighted by atomic mass is 9.95. The molecule has 30 heavy (non-hydrogen) atoms. The highest BCUT2D eigenvalue weighted by Gasteiger charge is 2.25. The molecule has 0 bridgehead atoms. The molecule has 2 aromatic heterocycles. The molecule has 0 unspecified atom stereocenters. The number of rotatable bonds is 5. The van der Waals surface area contributed by atoms with Gasteiger partial charge in [0.2, 0.25) is 5.91 Å². The molecule has 2 heterocycles. The Morgan fingerprint density at radius 1 is 1.07 bits per heavy atom. The van der Waals surface area contributed by atoms with E-state index < -0.39 is 0 Å². The minimum atomic E-state index is 0.0351. The highest BCUT2D eigenvalue weighted by molar-refractivity contribution is 7.98. The van der Waals surface area contributed by atoms with Crippen LogP contribution in [0, 0.1) is 0 Å². The third-order valence-corrected chi connectivity index (χ3v) is 8.46. The van der Waals surface area contributed by atoms with Gasteiger partial charge >= 0.3 is 0 Å². The number of thiazole rings is 1. The van der Waals surface area contributed by atoms with Crippen LogP contribution in [0.5, 0.6) is 0 Å². The molecular weight excluding hydrogens is 428 g/mol. The molecule has 0 saturated heterocycles. The van der Waals surface area contributed by atoms with E-state index in [9.17, 15) is 4.79 Å². The van der Waals surface area contributed by atoms with Crippen molar-refractivity contribution in [1.29, 1.82) is 0 Å². The average Bonchev–Trinajstić information content (AvgIpc) is 3.34. The number of hydrogen-bond donors (Lipinski definition) is 1. The van der Waals surface area contributed by atoms with E-state index in [2.05, 4.69) is 41.9 Å². The van der Waals surface area contributed by atoms with Gasteiger partial charge in [-0.25, -0.2) is 4.98 Å². The number of aryl methyl sites for hydroxylation is 1. The summed E-state index contributed by atoms with van der Waals surface area (Å²) in [6.45, 7) is 0. The van der Waals surface area contributed by atoms with Crippen molar-refractivity contribution >= 4 is 55.6 Å². The van der Waals surface area contributed by atoms with Crippen LogP contribution in [0.4, 0.5) is 5.00 Å². The summed E-state index contributed by atoms with van der Waals surface area (Å²) in [5.41, 5.74) is 4.61. The normalized spacial score (nSPS) is 13.4. The molecule has 6 heteroatoms. The maximum absolute atomic E-state index is 12.9. The molecule has 152 valence electrons. The molecule has 1 N–H and O–H groups in total. The molecule has 1 aliphatic carbocycles. The van der Waals surface area contributed by atoms with Crippen LogP contribution >= 0.6 is 34.4 Å². The Morgan fingerprint density at radius 3 is 2.67 bits per heavy atom. The van der Waals surface area contributed by atoms with Gasteiger partial charge in [0.15, 0.2) is 0 Å². The standard InChI is InChI=1S/C24H22N2OS3/c1-28-16-12-10-15(11-13-16)14-21(27)26-24-22(17-6-2-4-8-19(17)29-24)23-25-18-7-3-5-9-20(18)30-23/h3,5,7,9-13H,2,4,6,8,14H2,1H3,(H,26,27). The van der Waals surface area contributed by atoms with E-state index in [1.807, 2.05) is 18.2 Å². The van der Waals surface area contributed by atoms with Crippen molar-refractivity contribution in [2.75, 3.05) is 11.6 Å². The fourth-order valence-electron chi connectivity index (χ4n) is 3.96. The molecule has 0 radical (unpaired) electrons. The van der Waals surface area contributed by atoms with Gasteiger partial charge in [0, 0.05) is 15.3 Å². The van der Waals surface area contributed by atoms with Gasteiger partial charge in [-0.15, -0.1) is 34.4 Å². The van der Waals surface area contributed by atoms with Crippen molar-refractivity contribution in [2.45, 2.75) is 37.0 Å². The van der Waals surface area contributed by atoms with Gasteiger partial charge in [-0.1, -0.05) is 24.3 Å². The molecular formula is C24H22N2OS3.